The second-order valence-electron chi connectivity index (χ2n) is 6.10. The average molecular weight is 340 g/mol. The fraction of sp³-hybridized carbons (Fsp3) is 0.588. The minimum atomic E-state index is -3.76. The summed E-state index contributed by atoms with van der Waals surface area (Å²) < 4.78 is 34.6. The lowest BCUT2D eigenvalue weighted by atomic mass is 9.79. The van der Waals surface area contributed by atoms with Gasteiger partial charge in [-0.1, -0.05) is 31.5 Å². The molecule has 128 valence electrons. The fourth-order valence-corrected chi connectivity index (χ4v) is 3.81. The highest BCUT2D eigenvalue weighted by molar-refractivity contribution is 7.86. The van der Waals surface area contributed by atoms with Crippen molar-refractivity contribution in [3.8, 4) is 0 Å². The topological polar surface area (TPSA) is 69.7 Å². The van der Waals surface area contributed by atoms with E-state index in [1.165, 1.54) is 12.1 Å². The van der Waals surface area contributed by atoms with Gasteiger partial charge in [0.1, 0.15) is 6.10 Å². The maximum absolute atomic E-state index is 12.1. The van der Waals surface area contributed by atoms with Gasteiger partial charge in [0.15, 0.2) is 0 Å². The Kier molecular flexibility index (Phi) is 5.47. The molecule has 0 N–H and O–H groups in total. The summed E-state index contributed by atoms with van der Waals surface area (Å²) in [6.45, 7) is 5.86. The van der Waals surface area contributed by atoms with E-state index in [1.54, 1.807) is 12.1 Å². The third-order valence-electron chi connectivity index (χ3n) is 4.67. The van der Waals surface area contributed by atoms with E-state index < -0.39 is 15.5 Å². The molecule has 1 aromatic rings. The van der Waals surface area contributed by atoms with E-state index in [9.17, 15) is 13.2 Å². The lowest BCUT2D eigenvalue weighted by Crippen LogP contribution is -2.24. The Hall–Kier alpha value is -1.40. The van der Waals surface area contributed by atoms with Crippen LogP contribution in [0.4, 0.5) is 0 Å². The molecule has 0 aromatic heterocycles. The van der Waals surface area contributed by atoms with Crippen LogP contribution < -0.4 is 0 Å². The van der Waals surface area contributed by atoms with Crippen LogP contribution in [0.3, 0.4) is 0 Å². The highest BCUT2D eigenvalue weighted by Crippen LogP contribution is 2.41. The normalized spacial score (nSPS) is 20.5. The fourth-order valence-electron chi connectivity index (χ4n) is 2.89. The number of carbonyl (C=O) groups is 1. The van der Waals surface area contributed by atoms with Gasteiger partial charge in [0, 0.05) is 12.8 Å². The molecule has 1 heterocycles. The minimum absolute atomic E-state index is 0.0116. The number of ether oxygens (including phenoxy) is 1. The van der Waals surface area contributed by atoms with Gasteiger partial charge < -0.3 is 4.74 Å². The van der Waals surface area contributed by atoms with Crippen molar-refractivity contribution < 1.29 is 22.1 Å². The largest absolute Gasteiger partial charge is 0.462 e. The van der Waals surface area contributed by atoms with E-state index >= 15 is 0 Å². The van der Waals surface area contributed by atoms with Crippen molar-refractivity contribution in [2.45, 2.75) is 57.5 Å². The Morgan fingerprint density at radius 1 is 1.22 bits per heavy atom. The van der Waals surface area contributed by atoms with Gasteiger partial charge in [-0.3, -0.25) is 8.98 Å². The van der Waals surface area contributed by atoms with Crippen molar-refractivity contribution in [3.05, 3.63) is 29.8 Å². The lowest BCUT2D eigenvalue weighted by molar-refractivity contribution is -0.149. The van der Waals surface area contributed by atoms with Crippen molar-refractivity contribution in [1.29, 1.82) is 0 Å². The number of hydrogen-bond donors (Lipinski definition) is 0. The maximum Gasteiger partial charge on any atom is 0.312 e. The van der Waals surface area contributed by atoms with Crippen LogP contribution in [0.2, 0.25) is 0 Å². The van der Waals surface area contributed by atoms with Crippen LogP contribution in [0.1, 0.15) is 45.1 Å². The van der Waals surface area contributed by atoms with Crippen molar-refractivity contribution >= 4 is 16.1 Å². The Bertz CT molecular complexity index is 644. The SMILES string of the molecule is CCC1(CC)C[C@H](CCOS(=O)(=O)c2ccc(C)cc2)OC1=O. The first kappa shape index (κ1) is 17.9. The molecule has 0 spiro atoms. The molecule has 1 saturated heterocycles. The number of benzene rings is 1. The summed E-state index contributed by atoms with van der Waals surface area (Å²) in [5, 5.41) is 0. The monoisotopic (exact) mass is 340 g/mol. The average Bonchev–Trinajstić information content (AvgIpc) is 2.84. The molecule has 0 saturated carbocycles. The molecule has 5 nitrogen and oxygen atoms in total. The molecular formula is C17H24O5S. The van der Waals surface area contributed by atoms with Crippen LogP contribution in [0.5, 0.6) is 0 Å². The molecule has 1 aliphatic heterocycles. The lowest BCUT2D eigenvalue weighted by Gasteiger charge is -2.20. The molecule has 2 rings (SSSR count). The van der Waals surface area contributed by atoms with Gasteiger partial charge >= 0.3 is 5.97 Å². The number of carbonyl (C=O) groups excluding carboxylic acids is 1. The van der Waals surface area contributed by atoms with Crippen LogP contribution in [0.15, 0.2) is 29.2 Å². The first-order valence-corrected chi connectivity index (χ1v) is 9.41. The second-order valence-corrected chi connectivity index (χ2v) is 7.71. The Morgan fingerprint density at radius 2 is 1.83 bits per heavy atom. The third-order valence-corrected chi connectivity index (χ3v) is 5.99. The van der Waals surface area contributed by atoms with Crippen LogP contribution in [-0.4, -0.2) is 27.1 Å². The standard InChI is InChI=1S/C17H24O5S/c1-4-17(5-2)12-14(22-16(17)18)10-11-21-23(19,20)15-8-6-13(3)7-9-15/h6-9,14H,4-5,10-12H2,1-3H3/t14-/m0/s1. The van der Waals surface area contributed by atoms with Crippen LogP contribution >= 0.6 is 0 Å². The molecule has 0 bridgehead atoms. The number of hydrogen-bond acceptors (Lipinski definition) is 5. The molecule has 1 aromatic carbocycles. The molecule has 6 heteroatoms. The summed E-state index contributed by atoms with van der Waals surface area (Å²) in [6, 6.07) is 6.51. The van der Waals surface area contributed by atoms with Crippen molar-refractivity contribution in [1.82, 2.24) is 0 Å². The van der Waals surface area contributed by atoms with Crippen molar-refractivity contribution in [2.24, 2.45) is 5.41 Å². The zero-order valence-corrected chi connectivity index (χ0v) is 14.7. The molecular weight excluding hydrogens is 316 g/mol. The summed E-state index contributed by atoms with van der Waals surface area (Å²) in [6.07, 6.45) is 2.23. The third kappa shape index (κ3) is 3.93. The van der Waals surface area contributed by atoms with Gasteiger partial charge in [0.05, 0.1) is 16.9 Å². The summed E-state index contributed by atoms with van der Waals surface area (Å²) >= 11 is 0. The van der Waals surface area contributed by atoms with E-state index in [2.05, 4.69) is 0 Å². The van der Waals surface area contributed by atoms with E-state index in [-0.39, 0.29) is 23.6 Å². The number of cyclic esters (lactones) is 1. The molecule has 0 aliphatic carbocycles. The van der Waals surface area contributed by atoms with E-state index in [0.29, 0.717) is 12.8 Å². The van der Waals surface area contributed by atoms with Gasteiger partial charge in [-0.15, -0.1) is 0 Å². The minimum Gasteiger partial charge on any atom is -0.462 e. The molecule has 0 radical (unpaired) electrons. The van der Waals surface area contributed by atoms with Gasteiger partial charge in [-0.25, -0.2) is 0 Å². The summed E-state index contributed by atoms with van der Waals surface area (Å²) in [5.41, 5.74) is 0.567. The quantitative estimate of drug-likeness (QED) is 0.563. The number of aryl methyl sites for hydroxylation is 1. The van der Waals surface area contributed by atoms with Gasteiger partial charge in [-0.2, -0.15) is 8.42 Å². The zero-order chi connectivity index (χ0) is 17.1. The highest BCUT2D eigenvalue weighted by Gasteiger charge is 2.46. The Morgan fingerprint density at radius 3 is 2.35 bits per heavy atom. The number of esters is 1. The maximum atomic E-state index is 12.1. The molecule has 1 aliphatic rings. The zero-order valence-electron chi connectivity index (χ0n) is 13.9. The van der Waals surface area contributed by atoms with Crippen LogP contribution in [0.25, 0.3) is 0 Å². The molecule has 1 atom stereocenters. The van der Waals surface area contributed by atoms with Gasteiger partial charge in [0.25, 0.3) is 10.1 Å². The molecule has 23 heavy (non-hydrogen) atoms. The molecule has 1 fully saturated rings. The predicted molar refractivity (Wildman–Crippen MR) is 86.4 cm³/mol. The van der Waals surface area contributed by atoms with Gasteiger partial charge in [0.2, 0.25) is 0 Å². The molecule has 0 unspecified atom stereocenters. The van der Waals surface area contributed by atoms with E-state index in [1.807, 2.05) is 20.8 Å². The summed E-state index contributed by atoms with van der Waals surface area (Å²) in [7, 11) is -3.76. The van der Waals surface area contributed by atoms with Crippen LogP contribution in [0, 0.1) is 12.3 Å². The first-order valence-electron chi connectivity index (χ1n) is 8.00. The first-order chi connectivity index (χ1) is 10.8. The Labute approximate surface area is 138 Å². The van der Waals surface area contributed by atoms with E-state index in [0.717, 1.165) is 18.4 Å². The predicted octanol–water partition coefficient (Wildman–Crippen LogP) is 3.21. The second kappa shape index (κ2) is 7.01. The summed E-state index contributed by atoms with van der Waals surface area (Å²) in [5.74, 6) is -0.172. The van der Waals surface area contributed by atoms with Crippen molar-refractivity contribution in [2.75, 3.05) is 6.61 Å². The highest BCUT2D eigenvalue weighted by atomic mass is 32.2. The van der Waals surface area contributed by atoms with Crippen molar-refractivity contribution in [3.63, 3.8) is 0 Å². The molecule has 0 amide bonds. The number of rotatable bonds is 7. The van der Waals surface area contributed by atoms with Crippen LogP contribution in [-0.2, 0) is 23.8 Å². The smallest absolute Gasteiger partial charge is 0.312 e. The van der Waals surface area contributed by atoms with E-state index in [4.69, 9.17) is 8.92 Å². The van der Waals surface area contributed by atoms with Gasteiger partial charge in [-0.05, 0) is 31.9 Å². The Balaban J connectivity index is 1.90. The summed E-state index contributed by atoms with van der Waals surface area (Å²) in [4.78, 5) is 12.1.